The molecule has 2 aromatic heterocycles. The van der Waals surface area contributed by atoms with Crippen molar-refractivity contribution in [2.24, 2.45) is 0 Å². The number of aromatic nitrogens is 3. The molecular formula is C23H17F3N4O2. The number of nitrogens with zero attached hydrogens (tertiary/aromatic N) is 3. The number of H-pyrrole nitrogens is 1. The maximum absolute atomic E-state index is 12.6. The van der Waals surface area contributed by atoms with Crippen LogP contribution in [0.1, 0.15) is 29.7 Å². The summed E-state index contributed by atoms with van der Waals surface area (Å²) in [6.07, 6.45) is -1.25. The Kier molecular flexibility index (Phi) is 4.85. The first-order chi connectivity index (χ1) is 15.4. The van der Waals surface area contributed by atoms with Crippen molar-refractivity contribution in [3.8, 4) is 34.7 Å². The average Bonchev–Trinajstić information content (AvgIpc) is 3.47. The fourth-order valence-corrected chi connectivity index (χ4v) is 4.21. The van der Waals surface area contributed by atoms with E-state index in [-0.39, 0.29) is 24.5 Å². The molecule has 0 fully saturated rings. The molecular weight excluding hydrogens is 421 g/mol. The predicted octanol–water partition coefficient (Wildman–Crippen LogP) is 5.73. The molecule has 1 aliphatic carbocycles. The van der Waals surface area contributed by atoms with Gasteiger partial charge in [0.25, 0.3) is 5.89 Å². The van der Waals surface area contributed by atoms with Crippen molar-refractivity contribution in [3.63, 3.8) is 0 Å². The van der Waals surface area contributed by atoms with Gasteiger partial charge < -0.3 is 14.2 Å². The van der Waals surface area contributed by atoms with Crippen LogP contribution in [0.4, 0.5) is 13.2 Å². The number of halogens is 3. The van der Waals surface area contributed by atoms with E-state index in [1.165, 1.54) is 29.5 Å². The molecule has 1 N–H and O–H groups in total. The fraction of sp³-hybridized carbons (Fsp3) is 0.261. The Bertz CT molecular complexity index is 1350. The topological polar surface area (TPSA) is 87.7 Å². The number of fused-ring (bicyclic) bond motifs is 3. The zero-order valence-corrected chi connectivity index (χ0v) is 16.8. The summed E-state index contributed by atoms with van der Waals surface area (Å²) in [6.45, 7) is 0. The Labute approximate surface area is 180 Å². The summed E-state index contributed by atoms with van der Waals surface area (Å²) in [5.74, 6) is 0.197. The number of nitriles is 1. The van der Waals surface area contributed by atoms with Crippen LogP contribution in [0.2, 0.25) is 0 Å². The third-order valence-corrected chi connectivity index (χ3v) is 5.58. The van der Waals surface area contributed by atoms with Gasteiger partial charge in [0.1, 0.15) is 5.75 Å². The van der Waals surface area contributed by atoms with Crippen molar-refractivity contribution in [3.05, 3.63) is 53.2 Å². The van der Waals surface area contributed by atoms with Crippen molar-refractivity contribution in [1.82, 2.24) is 15.1 Å². The summed E-state index contributed by atoms with van der Waals surface area (Å²) in [7, 11) is 0. The Morgan fingerprint density at radius 3 is 2.84 bits per heavy atom. The molecule has 4 aromatic rings. The molecule has 1 aliphatic rings. The van der Waals surface area contributed by atoms with Crippen LogP contribution in [0.15, 0.2) is 40.9 Å². The zero-order valence-electron chi connectivity index (χ0n) is 16.8. The summed E-state index contributed by atoms with van der Waals surface area (Å²) in [5, 5.41) is 14.1. The quantitative estimate of drug-likeness (QED) is 0.430. The third kappa shape index (κ3) is 3.80. The van der Waals surface area contributed by atoms with Crippen LogP contribution in [0.3, 0.4) is 0 Å². The van der Waals surface area contributed by atoms with E-state index in [4.69, 9.17) is 9.78 Å². The second-order valence-electron chi connectivity index (χ2n) is 7.64. The molecule has 32 heavy (non-hydrogen) atoms. The van der Waals surface area contributed by atoms with E-state index in [0.717, 1.165) is 35.7 Å². The third-order valence-electron chi connectivity index (χ3n) is 5.58. The van der Waals surface area contributed by atoms with Gasteiger partial charge in [-0.2, -0.15) is 10.2 Å². The predicted molar refractivity (Wildman–Crippen MR) is 110 cm³/mol. The number of hydrogen-bond acceptors (Lipinski definition) is 5. The van der Waals surface area contributed by atoms with Crippen LogP contribution in [0.5, 0.6) is 5.75 Å². The molecule has 0 radical (unpaired) electrons. The second-order valence-corrected chi connectivity index (χ2v) is 7.64. The molecule has 9 heteroatoms. The molecule has 0 unspecified atom stereocenters. The van der Waals surface area contributed by atoms with E-state index in [9.17, 15) is 13.2 Å². The summed E-state index contributed by atoms with van der Waals surface area (Å²) < 4.78 is 47.2. The summed E-state index contributed by atoms with van der Waals surface area (Å²) in [6, 6.07) is 11.8. The number of ether oxygens (including phenoxy) is 1. The maximum Gasteiger partial charge on any atom is 0.573 e. The van der Waals surface area contributed by atoms with Crippen LogP contribution >= 0.6 is 0 Å². The van der Waals surface area contributed by atoms with Crippen molar-refractivity contribution < 1.29 is 22.4 Å². The van der Waals surface area contributed by atoms with Gasteiger partial charge in [0.05, 0.1) is 6.07 Å². The highest BCUT2D eigenvalue weighted by atomic mass is 19.4. The molecule has 6 nitrogen and oxygen atoms in total. The number of alkyl halides is 3. The molecule has 0 atom stereocenters. The van der Waals surface area contributed by atoms with E-state index < -0.39 is 6.36 Å². The summed E-state index contributed by atoms with van der Waals surface area (Å²) in [4.78, 5) is 7.93. The van der Waals surface area contributed by atoms with Gasteiger partial charge in [-0.25, -0.2) is 0 Å². The Hall–Kier alpha value is -3.80. The molecule has 2 heterocycles. The summed E-state index contributed by atoms with van der Waals surface area (Å²) in [5.41, 5.74) is 5.39. The molecule has 0 aliphatic heterocycles. The van der Waals surface area contributed by atoms with E-state index in [1.54, 1.807) is 0 Å². The number of nitrogens with one attached hydrogen (secondary N) is 1. The van der Waals surface area contributed by atoms with Gasteiger partial charge in [0.2, 0.25) is 5.82 Å². The van der Waals surface area contributed by atoms with Crippen molar-refractivity contribution in [1.29, 1.82) is 5.26 Å². The Morgan fingerprint density at radius 1 is 1.16 bits per heavy atom. The summed E-state index contributed by atoms with van der Waals surface area (Å²) >= 11 is 0. The highest BCUT2D eigenvalue weighted by Crippen LogP contribution is 2.34. The van der Waals surface area contributed by atoms with E-state index in [1.807, 2.05) is 24.3 Å². The van der Waals surface area contributed by atoms with E-state index in [2.05, 4.69) is 19.9 Å². The number of aryl methyl sites for hydroxylation is 3. The number of rotatable bonds is 5. The highest BCUT2D eigenvalue weighted by Gasteiger charge is 2.31. The Balaban J connectivity index is 1.50. The number of aromatic amines is 1. The normalized spacial score (nSPS) is 13.3. The maximum atomic E-state index is 12.6. The first kappa shape index (κ1) is 20.1. The Morgan fingerprint density at radius 2 is 2.03 bits per heavy atom. The van der Waals surface area contributed by atoms with Gasteiger partial charge in [0.15, 0.2) is 0 Å². The lowest BCUT2D eigenvalue weighted by molar-refractivity contribution is -0.274. The van der Waals surface area contributed by atoms with Gasteiger partial charge in [-0.3, -0.25) is 0 Å². The van der Waals surface area contributed by atoms with Gasteiger partial charge in [-0.1, -0.05) is 5.16 Å². The highest BCUT2D eigenvalue weighted by molar-refractivity contribution is 5.89. The molecule has 0 saturated heterocycles. The van der Waals surface area contributed by atoms with Crippen LogP contribution < -0.4 is 4.74 Å². The molecule has 0 amide bonds. The van der Waals surface area contributed by atoms with Gasteiger partial charge in [0, 0.05) is 34.1 Å². The zero-order chi connectivity index (χ0) is 22.3. The molecule has 0 spiro atoms. The first-order valence-electron chi connectivity index (χ1n) is 10.1. The van der Waals surface area contributed by atoms with Crippen LogP contribution in [-0.2, 0) is 19.3 Å². The smallest absolute Gasteiger partial charge is 0.406 e. The van der Waals surface area contributed by atoms with Crippen molar-refractivity contribution >= 4 is 10.9 Å². The molecule has 2 aromatic carbocycles. The fourth-order valence-electron chi connectivity index (χ4n) is 4.21. The van der Waals surface area contributed by atoms with Gasteiger partial charge in [-0.15, -0.1) is 13.2 Å². The van der Waals surface area contributed by atoms with Gasteiger partial charge >= 0.3 is 6.36 Å². The second kappa shape index (κ2) is 7.71. The first-order valence-corrected chi connectivity index (χ1v) is 10.1. The van der Waals surface area contributed by atoms with Crippen LogP contribution in [-0.4, -0.2) is 21.5 Å². The van der Waals surface area contributed by atoms with Crippen LogP contribution in [0.25, 0.3) is 33.7 Å². The SMILES string of the molecule is N#CCCc1cc(OC(F)(F)F)ccc1-c1nc(-c2ccc3[nH]c4c(c3c2)CCC4)no1. The molecule has 0 bridgehead atoms. The lowest BCUT2D eigenvalue weighted by Crippen LogP contribution is -2.17. The molecule has 5 rings (SSSR count). The monoisotopic (exact) mass is 438 g/mol. The molecule has 0 saturated carbocycles. The lowest BCUT2D eigenvalue weighted by atomic mass is 10.0. The standard InChI is InChI=1S/C23H17F3N4O2/c24-23(25,26)31-15-7-8-16(13(11-15)3-2-10-27)22-29-21(30-32-22)14-6-9-20-18(12-14)17-4-1-5-19(17)28-20/h6-9,11-12,28H,1-5H2. The van der Waals surface area contributed by atoms with E-state index >= 15 is 0 Å². The minimum atomic E-state index is -4.80. The van der Waals surface area contributed by atoms with E-state index in [0.29, 0.717) is 17.0 Å². The van der Waals surface area contributed by atoms with Crippen molar-refractivity contribution in [2.45, 2.75) is 38.5 Å². The lowest BCUT2D eigenvalue weighted by Gasteiger charge is -2.11. The van der Waals surface area contributed by atoms with Crippen LogP contribution in [0, 0.1) is 11.3 Å². The number of benzene rings is 2. The average molecular weight is 438 g/mol. The molecule has 162 valence electrons. The van der Waals surface area contributed by atoms with Gasteiger partial charge in [-0.05, 0) is 73.2 Å². The minimum Gasteiger partial charge on any atom is -0.406 e. The number of hydrogen-bond donors (Lipinski definition) is 1. The minimum absolute atomic E-state index is 0.124. The van der Waals surface area contributed by atoms with Crippen molar-refractivity contribution in [2.75, 3.05) is 0 Å². The largest absolute Gasteiger partial charge is 0.573 e.